The third kappa shape index (κ3) is 3.41. The molecular weight excluding hydrogens is 260 g/mol. The average Bonchev–Trinajstić information content (AvgIpc) is 2.91. The molecule has 3 rings (SSSR count). The van der Waals surface area contributed by atoms with Gasteiger partial charge in [0.15, 0.2) is 0 Å². The number of nitrogens with one attached hydrogen (secondary N) is 1. The average molecular weight is 288 g/mol. The van der Waals surface area contributed by atoms with Gasteiger partial charge in [-0.05, 0) is 68.9 Å². The maximum Gasteiger partial charge on any atom is 0.119 e. The highest BCUT2D eigenvalue weighted by Gasteiger charge is 2.28. The second-order valence-corrected chi connectivity index (χ2v) is 6.57. The predicted molar refractivity (Wildman–Crippen MR) is 86.7 cm³/mol. The quantitative estimate of drug-likeness (QED) is 0.873. The van der Waals surface area contributed by atoms with Gasteiger partial charge in [-0.15, -0.1) is 0 Å². The fourth-order valence-electron chi connectivity index (χ4n) is 3.80. The molecule has 0 radical (unpaired) electrons. The molecule has 1 aliphatic heterocycles. The maximum absolute atomic E-state index is 9.94. The van der Waals surface area contributed by atoms with Crippen LogP contribution in [0.1, 0.15) is 56.2 Å². The van der Waals surface area contributed by atoms with E-state index >= 15 is 0 Å². The zero-order valence-corrected chi connectivity index (χ0v) is 13.1. The summed E-state index contributed by atoms with van der Waals surface area (Å²) >= 11 is 0. The Hall–Kier alpha value is -1.06. The van der Waals surface area contributed by atoms with E-state index < -0.39 is 0 Å². The smallest absolute Gasteiger partial charge is 0.119 e. The molecule has 1 aliphatic carbocycles. The lowest BCUT2D eigenvalue weighted by Gasteiger charge is -2.34. The summed E-state index contributed by atoms with van der Waals surface area (Å²) in [6, 6.07) is 7.05. The number of phenolic OH excluding ortho intramolecular Hbond substituents is 1. The number of phenols is 1. The van der Waals surface area contributed by atoms with Crippen molar-refractivity contribution in [3.63, 3.8) is 0 Å². The topological polar surface area (TPSA) is 35.5 Å². The number of hydrogen-bond acceptors (Lipinski definition) is 3. The minimum Gasteiger partial charge on any atom is -0.508 e. The molecular formula is C18H28N2O. The van der Waals surface area contributed by atoms with Gasteiger partial charge in [0.05, 0.1) is 0 Å². The fraction of sp³-hybridized carbons (Fsp3) is 0.667. The van der Waals surface area contributed by atoms with E-state index in [4.69, 9.17) is 0 Å². The van der Waals surface area contributed by atoms with Crippen molar-refractivity contribution in [3.8, 4) is 5.75 Å². The van der Waals surface area contributed by atoms with E-state index in [2.05, 4.69) is 23.2 Å². The van der Waals surface area contributed by atoms with Gasteiger partial charge in [0.25, 0.3) is 0 Å². The van der Waals surface area contributed by atoms with Crippen LogP contribution >= 0.6 is 0 Å². The van der Waals surface area contributed by atoms with Crippen molar-refractivity contribution >= 4 is 0 Å². The highest BCUT2D eigenvalue weighted by atomic mass is 16.3. The molecule has 3 heteroatoms. The first kappa shape index (κ1) is 14.9. The van der Waals surface area contributed by atoms with Gasteiger partial charge in [0.1, 0.15) is 5.75 Å². The molecule has 0 spiro atoms. The van der Waals surface area contributed by atoms with Gasteiger partial charge in [-0.25, -0.2) is 0 Å². The van der Waals surface area contributed by atoms with Crippen molar-refractivity contribution in [3.05, 3.63) is 29.3 Å². The largest absolute Gasteiger partial charge is 0.508 e. The Morgan fingerprint density at radius 1 is 1.24 bits per heavy atom. The minimum absolute atomic E-state index is 0.444. The zero-order chi connectivity index (χ0) is 14.7. The zero-order valence-electron chi connectivity index (χ0n) is 13.1. The lowest BCUT2D eigenvalue weighted by Crippen LogP contribution is -2.43. The standard InChI is InChI=1S/C18H28N2O/c1-2-3-11-20-12-9-14(10-13-20)19-17-8-7-16-15(17)5-4-6-18(16)21/h4-6,14,17,19,21H,2-3,7-13H2,1H3. The van der Waals surface area contributed by atoms with Crippen LogP contribution in [-0.2, 0) is 6.42 Å². The molecule has 21 heavy (non-hydrogen) atoms. The third-order valence-electron chi connectivity index (χ3n) is 5.10. The molecule has 1 fully saturated rings. The summed E-state index contributed by atoms with van der Waals surface area (Å²) in [7, 11) is 0. The van der Waals surface area contributed by atoms with Crippen LogP contribution in [0.4, 0.5) is 0 Å². The number of likely N-dealkylation sites (tertiary alicyclic amines) is 1. The van der Waals surface area contributed by atoms with Crippen LogP contribution in [0.3, 0.4) is 0 Å². The summed E-state index contributed by atoms with van der Waals surface area (Å²) in [5, 5.41) is 13.8. The second kappa shape index (κ2) is 6.80. The molecule has 0 saturated carbocycles. The van der Waals surface area contributed by atoms with Gasteiger partial charge in [-0.1, -0.05) is 25.5 Å². The summed E-state index contributed by atoms with van der Waals surface area (Å²) in [4.78, 5) is 2.61. The maximum atomic E-state index is 9.94. The molecule has 1 aromatic carbocycles. The van der Waals surface area contributed by atoms with Crippen LogP contribution in [-0.4, -0.2) is 35.7 Å². The Labute approximate surface area is 128 Å². The highest BCUT2D eigenvalue weighted by Crippen LogP contribution is 2.36. The first-order valence-corrected chi connectivity index (χ1v) is 8.57. The van der Waals surface area contributed by atoms with E-state index in [0.29, 0.717) is 17.8 Å². The number of piperidine rings is 1. The summed E-state index contributed by atoms with van der Waals surface area (Å²) in [5.74, 6) is 0.478. The van der Waals surface area contributed by atoms with Crippen LogP contribution in [0.2, 0.25) is 0 Å². The number of aromatic hydroxyl groups is 1. The highest BCUT2D eigenvalue weighted by molar-refractivity contribution is 5.44. The normalized spacial score (nSPS) is 23.4. The molecule has 1 unspecified atom stereocenters. The number of hydrogen-bond donors (Lipinski definition) is 2. The van der Waals surface area contributed by atoms with Crippen LogP contribution < -0.4 is 5.32 Å². The van der Waals surface area contributed by atoms with Crippen LogP contribution in [0.5, 0.6) is 5.75 Å². The Bertz CT molecular complexity index is 466. The van der Waals surface area contributed by atoms with Crippen molar-refractivity contribution in [2.24, 2.45) is 0 Å². The van der Waals surface area contributed by atoms with Gasteiger partial charge in [-0.2, -0.15) is 0 Å². The molecule has 0 bridgehead atoms. The van der Waals surface area contributed by atoms with Crippen molar-refractivity contribution in [2.45, 2.75) is 57.5 Å². The second-order valence-electron chi connectivity index (χ2n) is 6.57. The van der Waals surface area contributed by atoms with Crippen LogP contribution in [0, 0.1) is 0 Å². The lowest BCUT2D eigenvalue weighted by molar-refractivity contribution is 0.188. The van der Waals surface area contributed by atoms with Crippen molar-refractivity contribution in [2.75, 3.05) is 19.6 Å². The number of rotatable bonds is 5. The molecule has 1 aromatic rings. The molecule has 116 valence electrons. The van der Waals surface area contributed by atoms with Crippen LogP contribution in [0.15, 0.2) is 18.2 Å². The van der Waals surface area contributed by atoms with E-state index in [1.165, 1.54) is 50.9 Å². The SMILES string of the molecule is CCCCN1CCC(NC2CCc3c(O)cccc32)CC1. The monoisotopic (exact) mass is 288 g/mol. The number of fused-ring (bicyclic) bond motifs is 1. The van der Waals surface area contributed by atoms with E-state index in [1.807, 2.05) is 12.1 Å². The molecule has 1 saturated heterocycles. The number of unbranched alkanes of at least 4 members (excludes halogenated alkanes) is 1. The van der Waals surface area contributed by atoms with Crippen molar-refractivity contribution in [1.82, 2.24) is 10.2 Å². The van der Waals surface area contributed by atoms with Gasteiger partial charge >= 0.3 is 0 Å². The van der Waals surface area contributed by atoms with Gasteiger partial charge < -0.3 is 15.3 Å². The summed E-state index contributed by atoms with van der Waals surface area (Å²) in [6.07, 6.45) is 7.27. The molecule has 0 amide bonds. The minimum atomic E-state index is 0.444. The summed E-state index contributed by atoms with van der Waals surface area (Å²) < 4.78 is 0. The van der Waals surface area contributed by atoms with E-state index in [-0.39, 0.29) is 0 Å². The third-order valence-corrected chi connectivity index (χ3v) is 5.10. The van der Waals surface area contributed by atoms with E-state index in [1.54, 1.807) is 0 Å². The first-order chi connectivity index (χ1) is 10.3. The summed E-state index contributed by atoms with van der Waals surface area (Å²) in [5.41, 5.74) is 2.48. The summed E-state index contributed by atoms with van der Waals surface area (Å²) in [6.45, 7) is 6.00. The molecule has 0 aromatic heterocycles. The number of benzene rings is 1. The van der Waals surface area contributed by atoms with Gasteiger partial charge in [0.2, 0.25) is 0 Å². The van der Waals surface area contributed by atoms with E-state index in [0.717, 1.165) is 18.4 Å². The molecule has 1 atom stereocenters. The van der Waals surface area contributed by atoms with Gasteiger partial charge in [0, 0.05) is 12.1 Å². The van der Waals surface area contributed by atoms with Crippen molar-refractivity contribution in [1.29, 1.82) is 0 Å². The molecule has 2 N–H and O–H groups in total. The molecule has 2 aliphatic rings. The van der Waals surface area contributed by atoms with Crippen molar-refractivity contribution < 1.29 is 5.11 Å². The Morgan fingerprint density at radius 3 is 2.81 bits per heavy atom. The fourth-order valence-corrected chi connectivity index (χ4v) is 3.80. The first-order valence-electron chi connectivity index (χ1n) is 8.57. The predicted octanol–water partition coefficient (Wildman–Crippen LogP) is 3.23. The lowest BCUT2D eigenvalue weighted by atomic mass is 10.0. The Morgan fingerprint density at radius 2 is 2.05 bits per heavy atom. The number of nitrogens with zero attached hydrogens (tertiary/aromatic N) is 1. The molecule has 3 nitrogen and oxygen atoms in total. The van der Waals surface area contributed by atoms with Crippen LogP contribution in [0.25, 0.3) is 0 Å². The van der Waals surface area contributed by atoms with E-state index in [9.17, 15) is 5.11 Å². The Balaban J connectivity index is 1.52. The Kier molecular flexibility index (Phi) is 4.81. The molecule has 1 heterocycles. The van der Waals surface area contributed by atoms with Gasteiger partial charge in [-0.3, -0.25) is 0 Å².